The van der Waals surface area contributed by atoms with Crippen molar-refractivity contribution in [1.29, 1.82) is 0 Å². The van der Waals surface area contributed by atoms with Crippen LogP contribution in [0.15, 0.2) is 0 Å². The minimum absolute atomic E-state index is 0.0192. The predicted octanol–water partition coefficient (Wildman–Crippen LogP) is 2.03. The van der Waals surface area contributed by atoms with Gasteiger partial charge in [0.15, 0.2) is 0 Å². The van der Waals surface area contributed by atoms with Gasteiger partial charge in [0.2, 0.25) is 5.91 Å². The molecule has 0 unspecified atom stereocenters. The zero-order valence-corrected chi connectivity index (χ0v) is 12.4. The molecule has 2 N–H and O–H groups in total. The Hall–Kier alpha value is -1.47. The van der Waals surface area contributed by atoms with Gasteiger partial charge in [-0.2, -0.15) is 13.2 Å². The average Bonchev–Trinajstić information content (AvgIpc) is 3.02. The highest BCUT2D eigenvalue weighted by molar-refractivity contribution is 5.88. The Morgan fingerprint density at radius 1 is 1.23 bits per heavy atom. The summed E-state index contributed by atoms with van der Waals surface area (Å²) in [4.78, 5) is 24.2. The number of nitrogens with zero attached hydrogens (tertiary/aromatic N) is 1. The standard InChI is InChI=1S/C14H22F3N3O2/c15-14(16,17)9-20-8-6-11(12(20)21)19-13(22)18-7-5-10-3-1-2-4-10/h10-11H,1-9H2,(H2,18,19,22)/t11-/m1/s1. The summed E-state index contributed by atoms with van der Waals surface area (Å²) in [6, 6.07) is -1.33. The molecule has 0 aromatic heterocycles. The van der Waals surface area contributed by atoms with Crippen LogP contribution in [0.4, 0.5) is 18.0 Å². The summed E-state index contributed by atoms with van der Waals surface area (Å²) >= 11 is 0. The molecule has 22 heavy (non-hydrogen) atoms. The van der Waals surface area contributed by atoms with E-state index in [2.05, 4.69) is 10.6 Å². The topological polar surface area (TPSA) is 61.4 Å². The maximum atomic E-state index is 12.3. The summed E-state index contributed by atoms with van der Waals surface area (Å²) in [6.45, 7) is -0.706. The number of carbonyl (C=O) groups excluding carboxylic acids is 2. The van der Waals surface area contributed by atoms with E-state index in [-0.39, 0.29) is 13.0 Å². The lowest BCUT2D eigenvalue weighted by molar-refractivity contribution is -0.157. The Kier molecular flexibility index (Phi) is 5.52. The molecule has 0 aromatic carbocycles. The summed E-state index contributed by atoms with van der Waals surface area (Å²) in [5.74, 6) is -0.0149. The number of amides is 3. The number of hydrogen-bond acceptors (Lipinski definition) is 2. The van der Waals surface area contributed by atoms with E-state index in [4.69, 9.17) is 0 Å². The SMILES string of the molecule is O=C(NCCC1CCCC1)N[C@@H]1CCN(CC(F)(F)F)C1=O. The van der Waals surface area contributed by atoms with Crippen LogP contribution in [0.25, 0.3) is 0 Å². The second-order valence-corrected chi connectivity index (χ2v) is 6.06. The van der Waals surface area contributed by atoms with Crippen molar-refractivity contribution in [3.63, 3.8) is 0 Å². The number of halogens is 3. The molecular weight excluding hydrogens is 299 g/mol. The monoisotopic (exact) mass is 321 g/mol. The first-order valence-corrected chi connectivity index (χ1v) is 7.75. The molecule has 0 bridgehead atoms. The van der Waals surface area contributed by atoms with Crippen LogP contribution in [0.5, 0.6) is 0 Å². The number of rotatable bonds is 5. The van der Waals surface area contributed by atoms with Crippen molar-refractivity contribution in [3.05, 3.63) is 0 Å². The van der Waals surface area contributed by atoms with Crippen LogP contribution >= 0.6 is 0 Å². The van der Waals surface area contributed by atoms with Crippen LogP contribution < -0.4 is 10.6 Å². The van der Waals surface area contributed by atoms with E-state index in [0.29, 0.717) is 12.5 Å². The van der Waals surface area contributed by atoms with Crippen molar-refractivity contribution in [2.24, 2.45) is 5.92 Å². The second kappa shape index (κ2) is 7.19. The van der Waals surface area contributed by atoms with Gasteiger partial charge in [-0.3, -0.25) is 4.79 Å². The average molecular weight is 321 g/mol. The van der Waals surface area contributed by atoms with Crippen LogP contribution in [0, 0.1) is 5.92 Å². The molecule has 0 radical (unpaired) electrons. The molecule has 1 saturated heterocycles. The van der Waals surface area contributed by atoms with Gasteiger partial charge >= 0.3 is 12.2 Å². The molecule has 3 amide bonds. The van der Waals surface area contributed by atoms with Crippen LogP contribution in [0.1, 0.15) is 38.5 Å². The van der Waals surface area contributed by atoms with Crippen LogP contribution in [0.3, 0.4) is 0 Å². The van der Waals surface area contributed by atoms with Gasteiger partial charge in [0.25, 0.3) is 0 Å². The van der Waals surface area contributed by atoms with Crippen LogP contribution in [0.2, 0.25) is 0 Å². The van der Waals surface area contributed by atoms with E-state index in [9.17, 15) is 22.8 Å². The predicted molar refractivity (Wildman–Crippen MR) is 74.1 cm³/mol. The number of urea groups is 1. The minimum Gasteiger partial charge on any atom is -0.338 e. The zero-order chi connectivity index (χ0) is 16.2. The van der Waals surface area contributed by atoms with E-state index in [1.165, 1.54) is 25.7 Å². The lowest BCUT2D eigenvalue weighted by Gasteiger charge is -2.19. The largest absolute Gasteiger partial charge is 0.406 e. The number of likely N-dealkylation sites (tertiary alicyclic amines) is 1. The fraction of sp³-hybridized carbons (Fsp3) is 0.857. The molecule has 0 spiro atoms. The third-order valence-corrected chi connectivity index (χ3v) is 4.29. The van der Waals surface area contributed by atoms with E-state index >= 15 is 0 Å². The number of nitrogens with one attached hydrogen (secondary N) is 2. The Balaban J connectivity index is 1.67. The van der Waals surface area contributed by atoms with Crippen molar-refractivity contribution in [3.8, 4) is 0 Å². The van der Waals surface area contributed by atoms with E-state index < -0.39 is 30.7 Å². The normalized spacial score (nSPS) is 23.1. The van der Waals surface area contributed by atoms with Gasteiger partial charge in [0, 0.05) is 13.1 Å². The summed E-state index contributed by atoms with van der Waals surface area (Å²) < 4.78 is 36.9. The molecule has 1 aliphatic heterocycles. The molecule has 126 valence electrons. The molecular formula is C14H22F3N3O2. The number of hydrogen-bond donors (Lipinski definition) is 2. The first kappa shape index (κ1) is 16.9. The molecule has 0 aromatic rings. The third kappa shape index (κ3) is 5.06. The summed E-state index contributed by atoms with van der Waals surface area (Å²) in [5, 5.41) is 5.14. The van der Waals surface area contributed by atoms with Gasteiger partial charge < -0.3 is 15.5 Å². The molecule has 1 atom stereocenters. The van der Waals surface area contributed by atoms with Crippen LogP contribution in [-0.2, 0) is 4.79 Å². The van der Waals surface area contributed by atoms with Crippen molar-refractivity contribution in [2.75, 3.05) is 19.6 Å². The number of carbonyl (C=O) groups is 2. The van der Waals surface area contributed by atoms with E-state index in [1.54, 1.807) is 0 Å². The van der Waals surface area contributed by atoms with E-state index in [0.717, 1.165) is 11.3 Å². The maximum Gasteiger partial charge on any atom is 0.406 e. The molecule has 1 aliphatic carbocycles. The summed E-state index contributed by atoms with van der Waals surface area (Å²) in [6.07, 6.45) is 1.57. The van der Waals surface area contributed by atoms with Gasteiger partial charge in [0.05, 0.1) is 0 Å². The van der Waals surface area contributed by atoms with E-state index in [1.807, 2.05) is 0 Å². The van der Waals surface area contributed by atoms with Gasteiger partial charge in [-0.1, -0.05) is 25.7 Å². The quantitative estimate of drug-likeness (QED) is 0.814. The first-order chi connectivity index (χ1) is 10.3. The molecule has 8 heteroatoms. The molecule has 2 rings (SSSR count). The van der Waals surface area contributed by atoms with Gasteiger partial charge in [-0.15, -0.1) is 0 Å². The zero-order valence-electron chi connectivity index (χ0n) is 12.4. The van der Waals surface area contributed by atoms with Crippen molar-refractivity contribution in [1.82, 2.24) is 15.5 Å². The lowest BCUT2D eigenvalue weighted by Crippen LogP contribution is -2.47. The highest BCUT2D eigenvalue weighted by atomic mass is 19.4. The molecule has 2 aliphatic rings. The highest BCUT2D eigenvalue weighted by Gasteiger charge is 2.39. The second-order valence-electron chi connectivity index (χ2n) is 6.06. The number of alkyl halides is 3. The van der Waals surface area contributed by atoms with Gasteiger partial charge in [-0.25, -0.2) is 4.79 Å². The Labute approximate surface area is 127 Å². The molecule has 1 heterocycles. The highest BCUT2D eigenvalue weighted by Crippen LogP contribution is 2.26. The Bertz CT molecular complexity index is 409. The molecule has 5 nitrogen and oxygen atoms in total. The summed E-state index contributed by atoms with van der Waals surface area (Å²) in [5.41, 5.74) is 0. The lowest BCUT2D eigenvalue weighted by atomic mass is 10.0. The van der Waals surface area contributed by atoms with Gasteiger partial charge in [0.1, 0.15) is 12.6 Å². The molecule has 2 fully saturated rings. The van der Waals surface area contributed by atoms with Crippen molar-refractivity contribution < 1.29 is 22.8 Å². The van der Waals surface area contributed by atoms with Crippen LogP contribution in [-0.4, -0.2) is 48.7 Å². The smallest absolute Gasteiger partial charge is 0.338 e. The van der Waals surface area contributed by atoms with Gasteiger partial charge in [-0.05, 0) is 18.8 Å². The first-order valence-electron chi connectivity index (χ1n) is 7.75. The third-order valence-electron chi connectivity index (χ3n) is 4.29. The summed E-state index contributed by atoms with van der Waals surface area (Å²) in [7, 11) is 0. The van der Waals surface area contributed by atoms with Crippen molar-refractivity contribution >= 4 is 11.9 Å². The minimum atomic E-state index is -4.41. The Morgan fingerprint density at radius 3 is 2.55 bits per heavy atom. The fourth-order valence-electron chi connectivity index (χ4n) is 3.14. The molecule has 1 saturated carbocycles. The Morgan fingerprint density at radius 2 is 1.91 bits per heavy atom. The fourth-order valence-corrected chi connectivity index (χ4v) is 3.14. The van der Waals surface area contributed by atoms with Crippen molar-refractivity contribution in [2.45, 2.75) is 50.7 Å². The maximum absolute atomic E-state index is 12.3.